The highest BCUT2D eigenvalue weighted by molar-refractivity contribution is 5.97. The van der Waals surface area contributed by atoms with Gasteiger partial charge in [-0.2, -0.15) is 5.10 Å². The van der Waals surface area contributed by atoms with Gasteiger partial charge in [0.2, 0.25) is 0 Å². The first-order chi connectivity index (χ1) is 9.62. The van der Waals surface area contributed by atoms with Gasteiger partial charge in [-0.15, -0.1) is 0 Å². The Balaban J connectivity index is 2.02. The number of nitrogens with one attached hydrogen (secondary N) is 1. The highest BCUT2D eigenvalue weighted by Crippen LogP contribution is 2.35. The zero-order valence-electron chi connectivity index (χ0n) is 12.1. The summed E-state index contributed by atoms with van der Waals surface area (Å²) >= 11 is 0. The normalized spacial score (nSPS) is 17.9. The maximum absolute atomic E-state index is 12.3. The number of anilines is 1. The maximum atomic E-state index is 12.3. The molecule has 4 N–H and O–H groups in total. The van der Waals surface area contributed by atoms with E-state index in [4.69, 9.17) is 5.73 Å². The van der Waals surface area contributed by atoms with Gasteiger partial charge >= 0.3 is 0 Å². The molecule has 0 saturated heterocycles. The predicted molar refractivity (Wildman–Crippen MR) is 77.3 cm³/mol. The number of carbonyl (C=O) groups excluding carboxylic acids is 1. The number of carbonyl (C=O) groups is 1. The number of nitrogens with zero attached hydrogens (tertiary/aromatic N) is 2. The molecule has 1 aliphatic carbocycles. The van der Waals surface area contributed by atoms with Crippen LogP contribution in [0.4, 0.5) is 5.69 Å². The molecule has 1 aliphatic rings. The number of nitrogens with two attached hydrogens (primary N) is 1. The summed E-state index contributed by atoms with van der Waals surface area (Å²) in [4.78, 5) is 12.3. The summed E-state index contributed by atoms with van der Waals surface area (Å²) < 4.78 is 1.59. The number of hydrogen-bond donors (Lipinski definition) is 3. The van der Waals surface area contributed by atoms with Crippen LogP contribution < -0.4 is 11.1 Å². The molecule has 1 amide bonds. The molecule has 1 fully saturated rings. The van der Waals surface area contributed by atoms with Crippen molar-refractivity contribution in [3.8, 4) is 0 Å². The van der Waals surface area contributed by atoms with Crippen molar-refractivity contribution in [2.24, 2.45) is 5.41 Å². The summed E-state index contributed by atoms with van der Waals surface area (Å²) in [5, 5.41) is 16.6. The van der Waals surface area contributed by atoms with Crippen molar-refractivity contribution in [2.75, 3.05) is 18.9 Å². The fourth-order valence-electron chi connectivity index (χ4n) is 2.93. The van der Waals surface area contributed by atoms with E-state index < -0.39 is 0 Å². The van der Waals surface area contributed by atoms with Crippen LogP contribution in [0.5, 0.6) is 0 Å². The zero-order chi connectivity index (χ0) is 14.6. The van der Waals surface area contributed by atoms with Crippen LogP contribution in [0.15, 0.2) is 6.20 Å². The van der Waals surface area contributed by atoms with Crippen molar-refractivity contribution in [3.63, 3.8) is 0 Å². The number of aliphatic hydroxyl groups excluding tert-OH is 1. The lowest BCUT2D eigenvalue weighted by Crippen LogP contribution is -2.42. The molecule has 112 valence electrons. The Labute approximate surface area is 119 Å². The van der Waals surface area contributed by atoms with Crippen LogP contribution in [-0.2, 0) is 6.54 Å². The third kappa shape index (κ3) is 2.95. The Kier molecular flexibility index (Phi) is 4.65. The predicted octanol–water partition coefficient (Wildman–Crippen LogP) is 1.16. The molecule has 1 saturated carbocycles. The van der Waals surface area contributed by atoms with Gasteiger partial charge in [0.1, 0.15) is 5.69 Å². The second-order valence-corrected chi connectivity index (χ2v) is 5.67. The molecule has 1 aromatic rings. The second kappa shape index (κ2) is 6.26. The monoisotopic (exact) mass is 280 g/mol. The maximum Gasteiger partial charge on any atom is 0.271 e. The Morgan fingerprint density at radius 3 is 2.80 bits per heavy atom. The second-order valence-electron chi connectivity index (χ2n) is 5.67. The van der Waals surface area contributed by atoms with Crippen molar-refractivity contribution >= 4 is 11.6 Å². The SMILES string of the molecule is CCn1ncc(N)c1C(=O)NCC1(CO)CCCCC1. The molecule has 0 spiro atoms. The molecule has 2 rings (SSSR count). The van der Waals surface area contributed by atoms with Gasteiger partial charge < -0.3 is 16.2 Å². The van der Waals surface area contributed by atoms with Crippen LogP contribution >= 0.6 is 0 Å². The van der Waals surface area contributed by atoms with E-state index in [1.807, 2.05) is 6.92 Å². The van der Waals surface area contributed by atoms with Crippen LogP contribution in [-0.4, -0.2) is 33.9 Å². The van der Waals surface area contributed by atoms with E-state index in [1.54, 1.807) is 4.68 Å². The first-order valence-corrected chi connectivity index (χ1v) is 7.32. The lowest BCUT2D eigenvalue weighted by atomic mass is 9.74. The molecule has 1 heterocycles. The van der Waals surface area contributed by atoms with Gasteiger partial charge in [0.15, 0.2) is 0 Å². The fourth-order valence-corrected chi connectivity index (χ4v) is 2.93. The van der Waals surface area contributed by atoms with E-state index in [1.165, 1.54) is 12.6 Å². The first kappa shape index (κ1) is 14.8. The van der Waals surface area contributed by atoms with E-state index in [2.05, 4.69) is 10.4 Å². The van der Waals surface area contributed by atoms with E-state index in [0.29, 0.717) is 24.5 Å². The lowest BCUT2D eigenvalue weighted by molar-refractivity contribution is 0.0713. The van der Waals surface area contributed by atoms with Crippen molar-refractivity contribution in [1.29, 1.82) is 0 Å². The molecule has 0 aromatic carbocycles. The van der Waals surface area contributed by atoms with Gasteiger partial charge in [-0.3, -0.25) is 9.48 Å². The minimum Gasteiger partial charge on any atom is -0.396 e. The number of rotatable bonds is 5. The quantitative estimate of drug-likeness (QED) is 0.754. The topological polar surface area (TPSA) is 93.2 Å². The average Bonchev–Trinajstić information content (AvgIpc) is 2.87. The molecule has 0 unspecified atom stereocenters. The average molecular weight is 280 g/mol. The van der Waals surface area contributed by atoms with E-state index in [-0.39, 0.29) is 17.9 Å². The van der Waals surface area contributed by atoms with Crippen LogP contribution in [0.2, 0.25) is 0 Å². The summed E-state index contributed by atoms with van der Waals surface area (Å²) in [6, 6.07) is 0. The highest BCUT2D eigenvalue weighted by Gasteiger charge is 2.32. The summed E-state index contributed by atoms with van der Waals surface area (Å²) in [5.41, 5.74) is 6.44. The molecule has 0 aliphatic heterocycles. The first-order valence-electron chi connectivity index (χ1n) is 7.32. The van der Waals surface area contributed by atoms with E-state index in [9.17, 15) is 9.90 Å². The summed E-state index contributed by atoms with van der Waals surface area (Å²) in [5.74, 6) is -0.208. The van der Waals surface area contributed by atoms with E-state index in [0.717, 1.165) is 25.7 Å². The summed E-state index contributed by atoms with van der Waals surface area (Å²) in [6.45, 7) is 3.14. The highest BCUT2D eigenvalue weighted by atomic mass is 16.3. The zero-order valence-corrected chi connectivity index (χ0v) is 12.1. The van der Waals surface area contributed by atoms with Crippen molar-refractivity contribution < 1.29 is 9.90 Å². The molecule has 20 heavy (non-hydrogen) atoms. The Morgan fingerprint density at radius 2 is 2.20 bits per heavy atom. The Hall–Kier alpha value is -1.56. The van der Waals surface area contributed by atoms with Gasteiger partial charge in [0.05, 0.1) is 18.5 Å². The molecular formula is C14H24N4O2. The van der Waals surface area contributed by atoms with Crippen LogP contribution in [0.3, 0.4) is 0 Å². The van der Waals surface area contributed by atoms with Crippen LogP contribution in [0, 0.1) is 5.41 Å². The molecular weight excluding hydrogens is 256 g/mol. The number of aryl methyl sites for hydroxylation is 1. The van der Waals surface area contributed by atoms with Crippen LogP contribution in [0.1, 0.15) is 49.5 Å². The van der Waals surface area contributed by atoms with Crippen molar-refractivity contribution in [1.82, 2.24) is 15.1 Å². The summed E-state index contributed by atoms with van der Waals surface area (Å²) in [6.07, 6.45) is 6.88. The molecule has 6 nitrogen and oxygen atoms in total. The summed E-state index contributed by atoms with van der Waals surface area (Å²) in [7, 11) is 0. The number of hydrogen-bond acceptors (Lipinski definition) is 4. The smallest absolute Gasteiger partial charge is 0.271 e. The molecule has 1 aromatic heterocycles. The molecule has 6 heteroatoms. The number of nitrogen functional groups attached to an aromatic ring is 1. The number of aromatic nitrogens is 2. The van der Waals surface area contributed by atoms with Gasteiger partial charge in [-0.1, -0.05) is 19.3 Å². The number of aliphatic hydroxyl groups is 1. The van der Waals surface area contributed by atoms with Crippen molar-refractivity contribution in [2.45, 2.75) is 45.6 Å². The van der Waals surface area contributed by atoms with Gasteiger partial charge in [-0.05, 0) is 19.8 Å². The molecule has 0 bridgehead atoms. The fraction of sp³-hybridized carbons (Fsp3) is 0.714. The number of amides is 1. The minimum absolute atomic E-state index is 0.121. The molecule has 0 atom stereocenters. The van der Waals surface area contributed by atoms with Crippen molar-refractivity contribution in [3.05, 3.63) is 11.9 Å². The van der Waals surface area contributed by atoms with Gasteiger partial charge in [0.25, 0.3) is 5.91 Å². The third-order valence-corrected chi connectivity index (χ3v) is 4.26. The van der Waals surface area contributed by atoms with E-state index >= 15 is 0 Å². The van der Waals surface area contributed by atoms with Gasteiger partial charge in [-0.25, -0.2) is 0 Å². The Bertz CT molecular complexity index is 464. The minimum atomic E-state index is -0.208. The Morgan fingerprint density at radius 1 is 1.50 bits per heavy atom. The van der Waals surface area contributed by atoms with Crippen LogP contribution in [0.25, 0.3) is 0 Å². The largest absolute Gasteiger partial charge is 0.396 e. The standard InChI is InChI=1S/C14H24N4O2/c1-2-18-12(11(15)8-17-18)13(20)16-9-14(10-19)6-4-3-5-7-14/h8,19H,2-7,9-10,15H2,1H3,(H,16,20). The molecule has 0 radical (unpaired) electrons. The lowest BCUT2D eigenvalue weighted by Gasteiger charge is -2.35. The van der Waals surface area contributed by atoms with Gasteiger partial charge in [0, 0.05) is 18.5 Å². The third-order valence-electron chi connectivity index (χ3n) is 4.26.